The molecule has 0 atom stereocenters. The monoisotopic (exact) mass is 455 g/mol. The minimum Gasteiger partial charge on any atom is -0.486 e. The molecule has 2 aromatic heterocycles. The van der Waals surface area contributed by atoms with Gasteiger partial charge >= 0.3 is 0 Å². The number of nitrogens with zero attached hydrogens (tertiary/aromatic N) is 5. The van der Waals surface area contributed by atoms with E-state index in [1.807, 2.05) is 29.1 Å². The third-order valence-corrected chi connectivity index (χ3v) is 5.98. The average Bonchev–Trinajstić information content (AvgIpc) is 3.25. The smallest absolute Gasteiger partial charge is 0.184 e. The number of benzene rings is 2. The summed E-state index contributed by atoms with van der Waals surface area (Å²) in [5.41, 5.74) is 7.20. The van der Waals surface area contributed by atoms with Crippen LogP contribution in [0.2, 0.25) is 19.6 Å². The second kappa shape index (κ2) is 8.60. The van der Waals surface area contributed by atoms with Gasteiger partial charge in [-0.3, -0.25) is 5.01 Å². The molecule has 8 heteroatoms. The van der Waals surface area contributed by atoms with Crippen molar-refractivity contribution in [1.29, 1.82) is 0 Å². The van der Waals surface area contributed by atoms with Gasteiger partial charge in [0.15, 0.2) is 17.1 Å². The van der Waals surface area contributed by atoms with Gasteiger partial charge in [-0.2, -0.15) is 9.89 Å². The highest BCUT2D eigenvalue weighted by atomic mass is 28.3. The summed E-state index contributed by atoms with van der Waals surface area (Å²) in [7, 11) is -1.48. The maximum atomic E-state index is 5.79. The molecule has 0 amide bonds. The number of fused-ring (bicyclic) bond motifs is 2. The molecule has 4 aromatic rings. The number of hydrogen-bond donors (Lipinski definition) is 0. The lowest BCUT2D eigenvalue weighted by molar-refractivity contribution is 0.171. The van der Waals surface area contributed by atoms with Crippen LogP contribution in [0.5, 0.6) is 11.5 Å². The van der Waals surface area contributed by atoms with Crippen LogP contribution in [0.1, 0.15) is 11.1 Å². The molecular weight excluding hydrogens is 430 g/mol. The molecule has 5 rings (SSSR count). The van der Waals surface area contributed by atoms with E-state index in [9.17, 15) is 0 Å². The van der Waals surface area contributed by atoms with Gasteiger partial charge in [-0.05, 0) is 35.9 Å². The third-order valence-electron chi connectivity index (χ3n) is 5.11. The van der Waals surface area contributed by atoms with Crippen LogP contribution in [-0.2, 0) is 6.54 Å². The van der Waals surface area contributed by atoms with E-state index in [2.05, 4.69) is 69.4 Å². The number of ether oxygens (including phenoxy) is 2. The van der Waals surface area contributed by atoms with Crippen LogP contribution in [0.25, 0.3) is 11.0 Å². The molecule has 0 aliphatic carbocycles. The maximum absolute atomic E-state index is 5.79. The lowest BCUT2D eigenvalue weighted by atomic mass is 10.1. The van der Waals surface area contributed by atoms with Crippen molar-refractivity contribution in [2.24, 2.45) is 0 Å². The van der Waals surface area contributed by atoms with Crippen LogP contribution < -0.4 is 14.5 Å². The standard InChI is InChI=1S/C25H25N5O2Si/c1-33(2,3)12-9-19-5-4-6-22(13-19)29(30-25-21(16-28-30)15-26-18-27-25)17-20-7-8-23-24(14-20)32-11-10-31-23/h4-8,13-16,18H,10-11,17H2,1-3H3. The van der Waals surface area contributed by atoms with Crippen molar-refractivity contribution >= 4 is 24.8 Å². The number of anilines is 1. The Hall–Kier alpha value is -3.83. The molecule has 0 unspecified atom stereocenters. The zero-order valence-corrected chi connectivity index (χ0v) is 19.9. The molecule has 0 N–H and O–H groups in total. The molecule has 0 bridgehead atoms. The first-order valence-corrected chi connectivity index (χ1v) is 14.4. The van der Waals surface area contributed by atoms with Crippen molar-refractivity contribution in [3.63, 3.8) is 0 Å². The van der Waals surface area contributed by atoms with Crippen LogP contribution >= 0.6 is 0 Å². The Morgan fingerprint density at radius 3 is 2.73 bits per heavy atom. The summed E-state index contributed by atoms with van der Waals surface area (Å²) in [6, 6.07) is 14.3. The van der Waals surface area contributed by atoms with E-state index in [4.69, 9.17) is 9.47 Å². The van der Waals surface area contributed by atoms with Gasteiger partial charge < -0.3 is 9.47 Å². The molecule has 0 saturated heterocycles. The van der Waals surface area contributed by atoms with E-state index in [0.717, 1.165) is 39.3 Å². The molecule has 0 saturated carbocycles. The molecule has 1 aliphatic heterocycles. The zero-order valence-electron chi connectivity index (χ0n) is 18.9. The fraction of sp³-hybridized carbons (Fsp3) is 0.240. The average molecular weight is 456 g/mol. The Morgan fingerprint density at radius 1 is 1.03 bits per heavy atom. The highest BCUT2D eigenvalue weighted by Crippen LogP contribution is 2.32. The normalized spacial score (nSPS) is 12.8. The topological polar surface area (TPSA) is 65.3 Å². The van der Waals surface area contributed by atoms with E-state index < -0.39 is 8.07 Å². The minimum absolute atomic E-state index is 0.554. The number of rotatable bonds is 4. The van der Waals surface area contributed by atoms with Crippen LogP contribution in [-0.4, -0.2) is 41.1 Å². The Labute approximate surface area is 194 Å². The summed E-state index contributed by atoms with van der Waals surface area (Å²) in [6.45, 7) is 8.42. The van der Waals surface area contributed by atoms with Crippen molar-refractivity contribution in [2.75, 3.05) is 18.2 Å². The fourth-order valence-electron chi connectivity index (χ4n) is 3.57. The Balaban J connectivity index is 1.57. The van der Waals surface area contributed by atoms with Gasteiger partial charge in [0.1, 0.15) is 27.6 Å². The van der Waals surface area contributed by atoms with Crippen LogP contribution in [0.3, 0.4) is 0 Å². The molecule has 3 heterocycles. The number of aromatic nitrogens is 4. The predicted octanol–water partition coefficient (Wildman–Crippen LogP) is 4.30. The lowest BCUT2D eigenvalue weighted by Gasteiger charge is -2.26. The van der Waals surface area contributed by atoms with Crippen molar-refractivity contribution in [1.82, 2.24) is 19.9 Å². The van der Waals surface area contributed by atoms with Crippen LogP contribution in [0, 0.1) is 11.5 Å². The van der Waals surface area contributed by atoms with E-state index in [1.54, 1.807) is 18.7 Å². The summed E-state index contributed by atoms with van der Waals surface area (Å²) in [6.07, 6.45) is 5.09. The van der Waals surface area contributed by atoms with E-state index in [-0.39, 0.29) is 0 Å². The molecule has 0 radical (unpaired) electrons. The molecule has 2 aromatic carbocycles. The Kier molecular flexibility index (Phi) is 5.48. The van der Waals surface area contributed by atoms with Gasteiger partial charge in [-0.25, -0.2) is 9.97 Å². The van der Waals surface area contributed by atoms with Gasteiger partial charge in [0.05, 0.1) is 23.8 Å². The molecule has 33 heavy (non-hydrogen) atoms. The summed E-state index contributed by atoms with van der Waals surface area (Å²) in [5.74, 6) is 4.90. The minimum atomic E-state index is -1.48. The first-order chi connectivity index (χ1) is 16.0. The largest absolute Gasteiger partial charge is 0.486 e. The zero-order chi connectivity index (χ0) is 22.8. The second-order valence-corrected chi connectivity index (χ2v) is 13.7. The van der Waals surface area contributed by atoms with E-state index in [1.165, 1.54) is 0 Å². The van der Waals surface area contributed by atoms with E-state index >= 15 is 0 Å². The summed E-state index contributed by atoms with van der Waals surface area (Å²) in [4.78, 5) is 10.4. The van der Waals surface area contributed by atoms with E-state index in [0.29, 0.717) is 19.8 Å². The molecular formula is C25H25N5O2Si. The highest BCUT2D eigenvalue weighted by molar-refractivity contribution is 6.83. The predicted molar refractivity (Wildman–Crippen MR) is 131 cm³/mol. The third kappa shape index (κ3) is 4.68. The first kappa shape index (κ1) is 21.0. The van der Waals surface area contributed by atoms with Crippen molar-refractivity contribution in [3.05, 3.63) is 72.3 Å². The van der Waals surface area contributed by atoms with Crippen molar-refractivity contribution < 1.29 is 9.47 Å². The highest BCUT2D eigenvalue weighted by Gasteiger charge is 2.18. The first-order valence-electron chi connectivity index (χ1n) is 10.9. The number of hydrogen-bond acceptors (Lipinski definition) is 6. The molecule has 7 nitrogen and oxygen atoms in total. The Bertz CT molecular complexity index is 1370. The summed E-state index contributed by atoms with van der Waals surface area (Å²) < 4.78 is 11.5. The summed E-state index contributed by atoms with van der Waals surface area (Å²) in [5, 5.41) is 7.58. The lowest BCUT2D eigenvalue weighted by Crippen LogP contribution is -2.30. The van der Waals surface area contributed by atoms with Crippen LogP contribution in [0.15, 0.2) is 61.2 Å². The van der Waals surface area contributed by atoms with Gasteiger partial charge in [-0.1, -0.05) is 37.7 Å². The Morgan fingerprint density at radius 2 is 1.88 bits per heavy atom. The fourth-order valence-corrected chi connectivity index (χ4v) is 4.09. The maximum Gasteiger partial charge on any atom is 0.184 e. The second-order valence-electron chi connectivity index (χ2n) is 8.92. The van der Waals surface area contributed by atoms with Gasteiger partial charge in [0.2, 0.25) is 0 Å². The molecule has 1 aliphatic rings. The van der Waals surface area contributed by atoms with Crippen molar-refractivity contribution in [2.45, 2.75) is 26.2 Å². The SMILES string of the molecule is C[Si](C)(C)C#Cc1cccc(N(Cc2ccc3c(c2)OCCO3)n2ncc3cncnc32)c1. The molecule has 0 fully saturated rings. The summed E-state index contributed by atoms with van der Waals surface area (Å²) >= 11 is 0. The van der Waals surface area contributed by atoms with Gasteiger partial charge in [0.25, 0.3) is 0 Å². The van der Waals surface area contributed by atoms with Gasteiger partial charge in [-0.15, -0.1) is 5.54 Å². The van der Waals surface area contributed by atoms with Crippen LogP contribution in [0.4, 0.5) is 5.69 Å². The molecule has 0 spiro atoms. The van der Waals surface area contributed by atoms with Crippen molar-refractivity contribution in [3.8, 4) is 23.0 Å². The quantitative estimate of drug-likeness (QED) is 0.338. The van der Waals surface area contributed by atoms with Gasteiger partial charge in [0, 0.05) is 11.8 Å². The molecule has 166 valence electrons.